The molecular weight excluding hydrogens is 438 g/mol. The molecule has 0 saturated carbocycles. The van der Waals surface area contributed by atoms with Gasteiger partial charge in [0.1, 0.15) is 5.75 Å². The average molecular weight is 462 g/mol. The molecular formula is C25H23N3O4S. The van der Waals surface area contributed by atoms with Crippen LogP contribution in [0.25, 0.3) is 22.2 Å². The standard InChI is InChI=1S/C25H23N3O4S/c1-28(2)33(30,31)18-13-14-24(32-3)23(15-18)27-25(29)20-16-22(17-9-5-4-6-10-17)26-21-12-8-7-11-19(20)21/h4-16H,1-3H3,(H,27,29). The number of amides is 1. The number of rotatable bonds is 6. The maximum absolute atomic E-state index is 13.4. The van der Waals surface area contributed by atoms with Crippen LogP contribution < -0.4 is 10.1 Å². The molecule has 0 unspecified atom stereocenters. The molecule has 0 aliphatic heterocycles. The summed E-state index contributed by atoms with van der Waals surface area (Å²) in [5.41, 5.74) is 2.90. The lowest BCUT2D eigenvalue weighted by atomic mass is 10.0. The van der Waals surface area contributed by atoms with Crippen molar-refractivity contribution in [1.82, 2.24) is 9.29 Å². The summed E-state index contributed by atoms with van der Waals surface area (Å²) in [6.07, 6.45) is 0. The predicted octanol–water partition coefficient (Wildman–Crippen LogP) is 4.41. The largest absolute Gasteiger partial charge is 0.495 e. The molecule has 4 rings (SSSR count). The van der Waals surface area contributed by atoms with Crippen LogP contribution in [0.4, 0.5) is 5.69 Å². The van der Waals surface area contributed by atoms with E-state index in [0.29, 0.717) is 27.9 Å². The number of carbonyl (C=O) groups is 1. The number of nitrogens with zero attached hydrogens (tertiary/aromatic N) is 2. The first-order chi connectivity index (χ1) is 15.8. The van der Waals surface area contributed by atoms with Crippen molar-refractivity contribution in [3.63, 3.8) is 0 Å². The molecule has 1 aromatic heterocycles. The molecule has 0 saturated heterocycles. The maximum Gasteiger partial charge on any atom is 0.256 e. The van der Waals surface area contributed by atoms with E-state index in [-0.39, 0.29) is 10.6 Å². The number of hydrogen-bond acceptors (Lipinski definition) is 5. The first-order valence-corrected chi connectivity index (χ1v) is 11.6. The molecule has 7 nitrogen and oxygen atoms in total. The Morgan fingerprint density at radius 1 is 0.939 bits per heavy atom. The van der Waals surface area contributed by atoms with Gasteiger partial charge in [0.2, 0.25) is 10.0 Å². The molecule has 0 fully saturated rings. The Hall–Kier alpha value is -3.75. The Balaban J connectivity index is 1.80. The quantitative estimate of drug-likeness (QED) is 0.459. The van der Waals surface area contributed by atoms with E-state index >= 15 is 0 Å². The van der Waals surface area contributed by atoms with E-state index in [2.05, 4.69) is 5.32 Å². The topological polar surface area (TPSA) is 88.6 Å². The normalized spacial score (nSPS) is 11.5. The van der Waals surface area contributed by atoms with E-state index in [9.17, 15) is 13.2 Å². The molecule has 1 amide bonds. The lowest BCUT2D eigenvalue weighted by Gasteiger charge is -2.16. The summed E-state index contributed by atoms with van der Waals surface area (Å²) >= 11 is 0. The SMILES string of the molecule is COc1ccc(S(=O)(=O)N(C)C)cc1NC(=O)c1cc(-c2ccccc2)nc2ccccc12. The van der Waals surface area contributed by atoms with Gasteiger partial charge in [0.15, 0.2) is 0 Å². The molecule has 0 atom stereocenters. The smallest absolute Gasteiger partial charge is 0.256 e. The zero-order valence-corrected chi connectivity index (χ0v) is 19.3. The number of para-hydroxylation sites is 1. The summed E-state index contributed by atoms with van der Waals surface area (Å²) in [5.74, 6) is -0.0498. The summed E-state index contributed by atoms with van der Waals surface area (Å²) in [6.45, 7) is 0. The number of nitrogens with one attached hydrogen (secondary N) is 1. The molecule has 0 aliphatic rings. The molecule has 0 radical (unpaired) electrons. The molecule has 0 aliphatic carbocycles. The summed E-state index contributed by atoms with van der Waals surface area (Å²) in [7, 11) is 0.674. The van der Waals surface area contributed by atoms with Crippen LogP contribution in [-0.4, -0.2) is 44.8 Å². The lowest BCUT2D eigenvalue weighted by Crippen LogP contribution is -2.22. The predicted molar refractivity (Wildman–Crippen MR) is 129 cm³/mol. The Labute approximate surface area is 192 Å². The number of fused-ring (bicyclic) bond motifs is 1. The third kappa shape index (κ3) is 4.44. The molecule has 168 valence electrons. The summed E-state index contributed by atoms with van der Waals surface area (Å²) in [4.78, 5) is 18.2. The van der Waals surface area contributed by atoms with Crippen molar-refractivity contribution in [2.75, 3.05) is 26.5 Å². The first kappa shape index (κ1) is 22.4. The van der Waals surface area contributed by atoms with Gasteiger partial charge in [-0.2, -0.15) is 0 Å². The van der Waals surface area contributed by atoms with Gasteiger partial charge in [0.05, 0.1) is 34.5 Å². The van der Waals surface area contributed by atoms with Crippen LogP contribution >= 0.6 is 0 Å². The van der Waals surface area contributed by atoms with Gasteiger partial charge in [-0.15, -0.1) is 0 Å². The third-order valence-corrected chi connectivity index (χ3v) is 7.04. The van der Waals surface area contributed by atoms with Crippen molar-refractivity contribution >= 4 is 32.5 Å². The average Bonchev–Trinajstić information content (AvgIpc) is 2.83. The maximum atomic E-state index is 13.4. The van der Waals surface area contributed by atoms with Crippen LogP contribution in [0.1, 0.15) is 10.4 Å². The monoisotopic (exact) mass is 461 g/mol. The van der Waals surface area contributed by atoms with E-state index < -0.39 is 15.9 Å². The van der Waals surface area contributed by atoms with Crippen molar-refractivity contribution in [3.8, 4) is 17.0 Å². The molecule has 1 N–H and O–H groups in total. The molecule has 4 aromatic rings. The van der Waals surface area contributed by atoms with Gasteiger partial charge >= 0.3 is 0 Å². The van der Waals surface area contributed by atoms with Crippen LogP contribution in [0.15, 0.2) is 83.8 Å². The van der Waals surface area contributed by atoms with E-state index in [1.165, 1.54) is 39.4 Å². The highest BCUT2D eigenvalue weighted by atomic mass is 32.2. The summed E-state index contributed by atoms with van der Waals surface area (Å²) in [6, 6.07) is 23.1. The number of pyridine rings is 1. The van der Waals surface area contributed by atoms with Gasteiger partial charge in [-0.25, -0.2) is 17.7 Å². The van der Waals surface area contributed by atoms with Gasteiger partial charge in [0.25, 0.3) is 5.91 Å². The number of ether oxygens (including phenoxy) is 1. The van der Waals surface area contributed by atoms with Crippen molar-refractivity contribution in [1.29, 1.82) is 0 Å². The number of anilines is 1. The summed E-state index contributed by atoms with van der Waals surface area (Å²) in [5, 5.41) is 3.51. The number of hydrogen-bond donors (Lipinski definition) is 1. The molecule has 0 spiro atoms. The fourth-order valence-electron chi connectivity index (χ4n) is 3.47. The zero-order chi connectivity index (χ0) is 23.6. The van der Waals surface area contributed by atoms with Gasteiger partial charge < -0.3 is 10.1 Å². The fourth-order valence-corrected chi connectivity index (χ4v) is 4.39. The first-order valence-electron chi connectivity index (χ1n) is 10.2. The second-order valence-corrected chi connectivity index (χ2v) is 9.69. The Bertz CT molecular complexity index is 1440. The number of carbonyl (C=O) groups excluding carboxylic acids is 1. The van der Waals surface area contributed by atoms with Crippen molar-refractivity contribution in [2.24, 2.45) is 0 Å². The molecule has 33 heavy (non-hydrogen) atoms. The van der Waals surface area contributed by atoms with Gasteiger partial charge in [-0.05, 0) is 30.3 Å². The van der Waals surface area contributed by atoms with Crippen molar-refractivity contribution < 1.29 is 17.9 Å². The Morgan fingerprint density at radius 3 is 2.33 bits per heavy atom. The zero-order valence-electron chi connectivity index (χ0n) is 18.4. The highest BCUT2D eigenvalue weighted by Crippen LogP contribution is 2.30. The van der Waals surface area contributed by atoms with Crippen molar-refractivity contribution in [3.05, 3.63) is 84.4 Å². The second kappa shape index (κ2) is 9.01. The van der Waals surface area contributed by atoms with Crippen LogP contribution in [0.3, 0.4) is 0 Å². The van der Waals surface area contributed by atoms with E-state index in [1.54, 1.807) is 6.07 Å². The minimum Gasteiger partial charge on any atom is -0.495 e. The summed E-state index contributed by atoms with van der Waals surface area (Å²) < 4.78 is 31.6. The minimum atomic E-state index is -3.69. The van der Waals surface area contributed by atoms with E-state index in [1.807, 2.05) is 54.6 Å². The number of benzene rings is 3. The number of aromatic nitrogens is 1. The van der Waals surface area contributed by atoms with Crippen LogP contribution in [0, 0.1) is 0 Å². The third-order valence-electron chi connectivity index (χ3n) is 5.23. The molecule has 0 bridgehead atoms. The minimum absolute atomic E-state index is 0.0492. The molecule has 8 heteroatoms. The van der Waals surface area contributed by atoms with E-state index in [0.717, 1.165) is 9.87 Å². The molecule has 1 heterocycles. The van der Waals surface area contributed by atoms with Gasteiger partial charge in [0, 0.05) is 25.0 Å². The second-order valence-electron chi connectivity index (χ2n) is 7.54. The van der Waals surface area contributed by atoms with E-state index in [4.69, 9.17) is 9.72 Å². The number of sulfonamides is 1. The van der Waals surface area contributed by atoms with Gasteiger partial charge in [-0.3, -0.25) is 4.79 Å². The highest BCUT2D eigenvalue weighted by molar-refractivity contribution is 7.89. The van der Waals surface area contributed by atoms with Crippen molar-refractivity contribution in [2.45, 2.75) is 4.90 Å². The van der Waals surface area contributed by atoms with Crippen LogP contribution in [0.5, 0.6) is 5.75 Å². The Morgan fingerprint density at radius 2 is 1.64 bits per heavy atom. The number of methoxy groups -OCH3 is 1. The van der Waals surface area contributed by atoms with Crippen LogP contribution in [-0.2, 0) is 10.0 Å². The van der Waals surface area contributed by atoms with Gasteiger partial charge in [-0.1, -0.05) is 48.5 Å². The fraction of sp³-hybridized carbons (Fsp3) is 0.120. The Kier molecular flexibility index (Phi) is 6.13. The highest BCUT2D eigenvalue weighted by Gasteiger charge is 2.21. The lowest BCUT2D eigenvalue weighted by molar-refractivity contribution is 0.102. The van der Waals surface area contributed by atoms with Crippen LogP contribution in [0.2, 0.25) is 0 Å². The molecule has 3 aromatic carbocycles.